The van der Waals surface area contributed by atoms with Crippen LogP contribution in [0.1, 0.15) is 40.6 Å². The normalized spacial score (nSPS) is 20.2. The zero-order valence-electron chi connectivity index (χ0n) is 21.2. The lowest BCUT2D eigenvalue weighted by Gasteiger charge is -2.26. The number of likely N-dealkylation sites (tertiary alicyclic amines) is 1. The van der Waals surface area contributed by atoms with Crippen LogP contribution in [0.15, 0.2) is 60.7 Å². The van der Waals surface area contributed by atoms with Gasteiger partial charge in [0.25, 0.3) is 11.8 Å². The number of nitrogens with zero attached hydrogens (tertiary/aromatic N) is 2. The highest BCUT2D eigenvalue weighted by atomic mass is 19.1. The Morgan fingerprint density at radius 2 is 1.56 bits per heavy atom. The lowest BCUT2D eigenvalue weighted by molar-refractivity contribution is -0.133. The van der Waals surface area contributed by atoms with Gasteiger partial charge in [0.15, 0.2) is 0 Å². The minimum Gasteiger partial charge on any atom is -0.347 e. The minimum atomic E-state index is -0.984. The molecule has 2 heterocycles. The summed E-state index contributed by atoms with van der Waals surface area (Å²) in [6, 6.07) is 13.1. The summed E-state index contributed by atoms with van der Waals surface area (Å²) in [6.45, 7) is 2.80. The van der Waals surface area contributed by atoms with Gasteiger partial charge in [-0.3, -0.25) is 14.4 Å². The molecule has 2 aromatic carbocycles. The molecule has 5 rings (SSSR count). The van der Waals surface area contributed by atoms with E-state index in [1.807, 2.05) is 13.0 Å². The second kappa shape index (κ2) is 10.9. The van der Waals surface area contributed by atoms with E-state index in [9.17, 15) is 27.6 Å². The fraction of sp³-hybridized carbons (Fsp3) is 0.310. The molecule has 0 radical (unpaired) electrons. The zero-order valence-corrected chi connectivity index (χ0v) is 21.2. The van der Waals surface area contributed by atoms with E-state index in [2.05, 4.69) is 15.6 Å². The second-order valence-electron chi connectivity index (χ2n) is 9.87. The lowest BCUT2D eigenvalue weighted by Crippen LogP contribution is -2.49. The summed E-state index contributed by atoms with van der Waals surface area (Å²) in [5.74, 6) is -3.90. The van der Waals surface area contributed by atoms with Gasteiger partial charge in [0.1, 0.15) is 34.9 Å². The molecule has 2 fully saturated rings. The summed E-state index contributed by atoms with van der Waals surface area (Å²) >= 11 is 0. The number of carbonyl (C=O) groups excluding carboxylic acids is 3. The van der Waals surface area contributed by atoms with Gasteiger partial charge in [-0.15, -0.1) is 0 Å². The predicted molar refractivity (Wildman–Crippen MR) is 137 cm³/mol. The molecule has 3 atom stereocenters. The number of piperidine rings is 1. The van der Waals surface area contributed by atoms with Crippen LogP contribution >= 0.6 is 0 Å². The van der Waals surface area contributed by atoms with Crippen LogP contribution in [0, 0.1) is 29.3 Å². The van der Waals surface area contributed by atoms with Gasteiger partial charge >= 0.3 is 0 Å². The Kier molecular flexibility index (Phi) is 7.36. The Bertz CT molecular complexity index is 1390. The summed E-state index contributed by atoms with van der Waals surface area (Å²) in [7, 11) is 0. The van der Waals surface area contributed by atoms with Gasteiger partial charge in [-0.05, 0) is 42.8 Å². The van der Waals surface area contributed by atoms with Crippen LogP contribution in [0.2, 0.25) is 0 Å². The fourth-order valence-electron chi connectivity index (χ4n) is 5.21. The van der Waals surface area contributed by atoms with Gasteiger partial charge in [0.05, 0.1) is 5.56 Å². The molecule has 0 bridgehead atoms. The highest BCUT2D eigenvalue weighted by Gasteiger charge is 2.57. The fourth-order valence-corrected chi connectivity index (χ4v) is 5.21. The number of amides is 3. The third-order valence-electron chi connectivity index (χ3n) is 7.30. The molecule has 7 nitrogen and oxygen atoms in total. The van der Waals surface area contributed by atoms with Crippen molar-refractivity contribution in [2.24, 2.45) is 11.8 Å². The molecular weight excluding hydrogens is 509 g/mol. The van der Waals surface area contributed by atoms with E-state index in [0.717, 1.165) is 30.3 Å². The quantitative estimate of drug-likeness (QED) is 0.456. The van der Waals surface area contributed by atoms with Crippen molar-refractivity contribution < 1.29 is 27.6 Å². The molecule has 2 aliphatic rings. The van der Waals surface area contributed by atoms with Crippen LogP contribution in [-0.4, -0.2) is 52.8 Å². The maximum atomic E-state index is 14.4. The monoisotopic (exact) mass is 536 g/mol. The van der Waals surface area contributed by atoms with Gasteiger partial charge in [0.2, 0.25) is 5.91 Å². The van der Waals surface area contributed by atoms with Crippen LogP contribution in [0.3, 0.4) is 0 Å². The highest BCUT2D eigenvalue weighted by Crippen LogP contribution is 2.45. The van der Waals surface area contributed by atoms with Crippen molar-refractivity contribution >= 4 is 17.7 Å². The molecular formula is C29H27F3N4O3. The molecule has 1 aliphatic carbocycles. The molecule has 1 saturated carbocycles. The number of aromatic nitrogens is 1. The van der Waals surface area contributed by atoms with Gasteiger partial charge in [0, 0.05) is 36.5 Å². The lowest BCUT2D eigenvalue weighted by atomic mass is 10.1. The highest BCUT2D eigenvalue weighted by molar-refractivity contribution is 5.97. The van der Waals surface area contributed by atoms with Crippen molar-refractivity contribution in [2.45, 2.75) is 31.8 Å². The van der Waals surface area contributed by atoms with E-state index in [0.29, 0.717) is 31.5 Å². The number of carbonyl (C=O) groups is 3. The Labute approximate surface area is 223 Å². The summed E-state index contributed by atoms with van der Waals surface area (Å²) in [5, 5.41) is 5.69. The van der Waals surface area contributed by atoms with Gasteiger partial charge < -0.3 is 15.5 Å². The maximum absolute atomic E-state index is 14.4. The first-order valence-electron chi connectivity index (χ1n) is 12.8. The first-order valence-corrected chi connectivity index (χ1v) is 12.8. The minimum absolute atomic E-state index is 0.0360. The number of fused-ring (bicyclic) bond motifs is 1. The van der Waals surface area contributed by atoms with Crippen LogP contribution in [0.4, 0.5) is 13.2 Å². The van der Waals surface area contributed by atoms with Gasteiger partial charge in [-0.2, -0.15) is 0 Å². The first kappa shape index (κ1) is 26.4. The molecule has 202 valence electrons. The van der Waals surface area contributed by atoms with Crippen molar-refractivity contribution in [1.29, 1.82) is 0 Å². The third-order valence-corrected chi connectivity index (χ3v) is 7.30. The second-order valence-corrected chi connectivity index (χ2v) is 9.87. The van der Waals surface area contributed by atoms with Crippen LogP contribution in [0.5, 0.6) is 0 Å². The van der Waals surface area contributed by atoms with E-state index < -0.39 is 40.7 Å². The number of rotatable bonds is 8. The number of halogens is 3. The van der Waals surface area contributed by atoms with Crippen molar-refractivity contribution in [2.75, 3.05) is 13.1 Å². The molecule has 1 unspecified atom stereocenters. The number of hydrogen-bond donors (Lipinski definition) is 2. The average molecular weight is 537 g/mol. The van der Waals surface area contributed by atoms with E-state index in [4.69, 9.17) is 0 Å². The van der Waals surface area contributed by atoms with E-state index in [1.165, 1.54) is 0 Å². The van der Waals surface area contributed by atoms with Gasteiger partial charge in [-0.1, -0.05) is 37.6 Å². The largest absolute Gasteiger partial charge is 0.347 e. The van der Waals surface area contributed by atoms with E-state index >= 15 is 0 Å². The number of hydrogen-bond acceptors (Lipinski definition) is 4. The molecule has 1 aromatic heterocycles. The molecule has 39 heavy (non-hydrogen) atoms. The van der Waals surface area contributed by atoms with Crippen molar-refractivity contribution in [3.8, 4) is 11.3 Å². The molecule has 0 spiro atoms. The van der Waals surface area contributed by atoms with Crippen LogP contribution < -0.4 is 10.6 Å². The molecule has 10 heteroatoms. The number of pyridine rings is 1. The Balaban J connectivity index is 1.20. The summed E-state index contributed by atoms with van der Waals surface area (Å²) < 4.78 is 42.7. The van der Waals surface area contributed by atoms with E-state index in [1.54, 1.807) is 29.2 Å². The standard InChI is InChI=1S/C29H27F3N4O3/c1-2-7-23(34-27(37)16-8-4-3-5-9-16)29(39)36-14-17-18(15-36)25(17)35-28(38)22-13-12-21(32)26(33-22)24-19(30)10-6-11-20(24)31/h3-6,8-13,17-18,23,25H,2,7,14-15H2,1H3,(H,34,37)(H,35,38)/t17-,18-,23?/m1/s1. The van der Waals surface area contributed by atoms with Gasteiger partial charge in [-0.25, -0.2) is 18.2 Å². The van der Waals surface area contributed by atoms with Crippen LogP contribution in [-0.2, 0) is 4.79 Å². The first-order chi connectivity index (χ1) is 18.8. The maximum Gasteiger partial charge on any atom is 0.270 e. The topological polar surface area (TPSA) is 91.4 Å². The van der Waals surface area contributed by atoms with E-state index in [-0.39, 0.29) is 35.4 Å². The molecule has 3 aromatic rings. The van der Waals surface area contributed by atoms with Crippen LogP contribution in [0.25, 0.3) is 11.3 Å². The summed E-state index contributed by atoms with van der Waals surface area (Å²) in [4.78, 5) is 44.3. The molecule has 1 saturated heterocycles. The number of nitrogens with one attached hydrogen (secondary N) is 2. The zero-order chi connectivity index (χ0) is 27.7. The number of benzene rings is 2. The Morgan fingerprint density at radius 3 is 2.21 bits per heavy atom. The predicted octanol–water partition coefficient (Wildman–Crippen LogP) is 3.95. The third kappa shape index (κ3) is 5.36. The molecule has 2 N–H and O–H groups in total. The smallest absolute Gasteiger partial charge is 0.270 e. The molecule has 1 aliphatic heterocycles. The van der Waals surface area contributed by atoms with Crippen molar-refractivity contribution in [1.82, 2.24) is 20.5 Å². The Hall–Kier alpha value is -4.21. The SMILES string of the molecule is CCCC(NC(=O)c1ccccc1)C(=O)N1C[C@H]2C(NC(=O)c3ccc(F)c(-c4c(F)cccc4F)n3)[C@@H]2C1. The molecule has 3 amide bonds. The van der Waals surface area contributed by atoms with Crippen molar-refractivity contribution in [3.63, 3.8) is 0 Å². The average Bonchev–Trinajstić information content (AvgIpc) is 3.35. The Morgan fingerprint density at radius 1 is 0.897 bits per heavy atom. The van der Waals surface area contributed by atoms with Crippen molar-refractivity contribution in [3.05, 3.63) is 89.4 Å². The summed E-state index contributed by atoms with van der Waals surface area (Å²) in [6.07, 6.45) is 1.22. The summed E-state index contributed by atoms with van der Waals surface area (Å²) in [5.41, 5.74) is -0.902.